The largest absolute Gasteiger partial charge is 0.497 e. The van der Waals surface area contributed by atoms with Crippen LogP contribution >= 0.6 is 0 Å². The molecule has 4 heteroatoms. The summed E-state index contributed by atoms with van der Waals surface area (Å²) >= 11 is 0. The van der Waals surface area contributed by atoms with Crippen molar-refractivity contribution in [2.75, 3.05) is 26.9 Å². The summed E-state index contributed by atoms with van der Waals surface area (Å²) in [5.41, 5.74) is 5.48. The average molecular weight is 960 g/mol. The van der Waals surface area contributed by atoms with Crippen molar-refractivity contribution in [1.29, 1.82) is 0 Å². The highest BCUT2D eigenvalue weighted by Crippen LogP contribution is 2.23. The van der Waals surface area contributed by atoms with Gasteiger partial charge in [0.2, 0.25) is 0 Å². The molecule has 0 aliphatic carbocycles. The predicted octanol–water partition coefficient (Wildman–Crippen LogP) is 21.9. The lowest BCUT2D eigenvalue weighted by Gasteiger charge is -2.16. The van der Waals surface area contributed by atoms with Crippen LogP contribution in [0.5, 0.6) is 23.0 Å². The molecule has 398 valence electrons. The highest BCUT2D eigenvalue weighted by atomic mass is 16.5. The lowest BCUT2D eigenvalue weighted by atomic mass is 10.0. The fourth-order valence-electron chi connectivity index (χ4n) is 7.09. The van der Waals surface area contributed by atoms with Gasteiger partial charge in [-0.05, 0) is 120 Å². The van der Waals surface area contributed by atoms with E-state index in [-0.39, 0.29) is 29.7 Å². The van der Waals surface area contributed by atoms with E-state index in [9.17, 15) is 0 Å². The van der Waals surface area contributed by atoms with E-state index < -0.39 is 0 Å². The zero-order chi connectivity index (χ0) is 48.1. The van der Waals surface area contributed by atoms with E-state index in [1.807, 2.05) is 12.1 Å². The van der Waals surface area contributed by atoms with Crippen LogP contribution in [0.1, 0.15) is 261 Å². The number of ether oxygens (including phenoxy) is 4. The first-order chi connectivity index (χ1) is 31.4. The molecule has 4 aromatic rings. The van der Waals surface area contributed by atoms with Crippen molar-refractivity contribution in [3.8, 4) is 23.0 Å². The predicted molar refractivity (Wildman–Crippen MR) is 312 cm³/mol. The molecule has 0 amide bonds. The molecule has 0 fully saturated rings. The zero-order valence-electron chi connectivity index (χ0n) is 44.2. The Morgan fingerprint density at radius 3 is 0.899 bits per heavy atom. The van der Waals surface area contributed by atoms with Crippen LogP contribution in [0.15, 0.2) is 97.1 Å². The Balaban J connectivity index is -0.000000407. The number of methoxy groups -OCH3 is 1. The summed E-state index contributed by atoms with van der Waals surface area (Å²) in [6, 6.07) is 33.8. The second-order valence-electron chi connectivity index (χ2n) is 19.1. The molecule has 0 aliphatic rings. The van der Waals surface area contributed by atoms with Gasteiger partial charge < -0.3 is 18.9 Å². The van der Waals surface area contributed by atoms with E-state index in [0.29, 0.717) is 29.6 Å². The van der Waals surface area contributed by atoms with E-state index >= 15 is 0 Å². The van der Waals surface area contributed by atoms with Crippen LogP contribution in [-0.4, -0.2) is 26.9 Å². The van der Waals surface area contributed by atoms with Crippen molar-refractivity contribution in [3.05, 3.63) is 119 Å². The summed E-state index contributed by atoms with van der Waals surface area (Å²) in [7, 11) is 1.68. The van der Waals surface area contributed by atoms with Crippen molar-refractivity contribution in [2.24, 2.45) is 5.92 Å². The summed E-state index contributed by atoms with van der Waals surface area (Å²) in [4.78, 5) is 0. The molecular formula is C65H114O4. The van der Waals surface area contributed by atoms with Crippen molar-refractivity contribution >= 4 is 0 Å². The Hall–Kier alpha value is -3.92. The fourth-order valence-corrected chi connectivity index (χ4v) is 7.09. The second kappa shape index (κ2) is 46.5. The maximum Gasteiger partial charge on any atom is 0.119 e. The quantitative estimate of drug-likeness (QED) is 0.0532. The molecule has 0 heterocycles. The van der Waals surface area contributed by atoms with Gasteiger partial charge in [0.1, 0.15) is 23.0 Å². The summed E-state index contributed by atoms with van der Waals surface area (Å²) in [5.74, 6) is 7.03. The molecule has 1 unspecified atom stereocenters. The molecule has 0 N–H and O–H groups in total. The van der Waals surface area contributed by atoms with E-state index in [4.69, 9.17) is 18.9 Å². The third-order valence-corrected chi connectivity index (χ3v) is 12.0. The van der Waals surface area contributed by atoms with Crippen LogP contribution in [0.3, 0.4) is 0 Å². The van der Waals surface area contributed by atoms with Crippen LogP contribution in [-0.2, 0) is 0 Å². The van der Waals surface area contributed by atoms with Gasteiger partial charge in [-0.2, -0.15) is 0 Å². The molecule has 1 atom stereocenters. The lowest BCUT2D eigenvalue weighted by molar-refractivity contribution is 0.233. The van der Waals surface area contributed by atoms with Gasteiger partial charge in [-0.15, -0.1) is 0 Å². The molecule has 0 saturated carbocycles. The van der Waals surface area contributed by atoms with Gasteiger partial charge in [-0.3, -0.25) is 0 Å². The summed E-state index contributed by atoms with van der Waals surface area (Å²) in [5, 5.41) is 0. The third-order valence-electron chi connectivity index (χ3n) is 12.0. The van der Waals surface area contributed by atoms with E-state index in [1.165, 1.54) is 125 Å². The first-order valence-corrected chi connectivity index (χ1v) is 26.2. The first kappa shape index (κ1) is 71.6. The van der Waals surface area contributed by atoms with Gasteiger partial charge in [-0.25, -0.2) is 0 Å². The minimum absolute atomic E-state index is 0. The van der Waals surface area contributed by atoms with Crippen LogP contribution < -0.4 is 18.9 Å². The fraction of sp³-hybridized carbons (Fsp3) is 0.631. The number of unbranched alkanes of at least 4 members (excludes halogenated alkanes) is 11. The lowest BCUT2D eigenvalue weighted by Crippen LogP contribution is -2.11. The van der Waals surface area contributed by atoms with Crippen LogP contribution in [0.2, 0.25) is 0 Å². The number of rotatable bonds is 28. The van der Waals surface area contributed by atoms with Crippen molar-refractivity contribution in [2.45, 2.75) is 239 Å². The van der Waals surface area contributed by atoms with Gasteiger partial charge in [0.25, 0.3) is 0 Å². The summed E-state index contributed by atoms with van der Waals surface area (Å²) in [6.45, 7) is 29.2. The van der Waals surface area contributed by atoms with Gasteiger partial charge in [0, 0.05) is 0 Å². The average Bonchev–Trinajstić information content (AvgIpc) is 3.32. The van der Waals surface area contributed by atoms with Crippen LogP contribution in [0.25, 0.3) is 0 Å². The molecule has 0 radical (unpaired) electrons. The van der Waals surface area contributed by atoms with Gasteiger partial charge >= 0.3 is 0 Å². The number of hydrogen-bond acceptors (Lipinski definition) is 4. The molecular weight excluding hydrogens is 845 g/mol. The second-order valence-corrected chi connectivity index (χ2v) is 19.1. The van der Waals surface area contributed by atoms with Gasteiger partial charge in [0.15, 0.2) is 0 Å². The summed E-state index contributed by atoms with van der Waals surface area (Å²) in [6.07, 6.45) is 20.9. The van der Waals surface area contributed by atoms with E-state index in [1.54, 1.807) is 7.11 Å². The molecule has 0 spiro atoms. The molecule has 4 aromatic carbocycles. The van der Waals surface area contributed by atoms with Crippen molar-refractivity contribution < 1.29 is 18.9 Å². The molecule has 4 rings (SSSR count). The Morgan fingerprint density at radius 1 is 0.333 bits per heavy atom. The Morgan fingerprint density at radius 2 is 0.609 bits per heavy atom. The standard InChI is InChI=1S/C19H32O.C17H28O.C15H24O.C10H14O.4CH4/c1-4-5-6-7-8-9-10-11-16-20-19-14-12-18(13-15-19)17(2)3;1-5-7-8-15(6-2)13-18-17-11-9-16(10-12-17)14(3)4;1-4-5-6-7-12-16-15-10-8-14(9-11-15)13(2)3;1-8(2)9-4-6-10(11-3)7-5-9;;;;/h12-15,17H,4-11,16H2,1-3H3;9-12,14-15H,5-8,13H2,1-4H3;8-11,13H,4-7,12H2,1-3H3;4-8H,1-3H3;4*1H4. The SMILES string of the molecule is C.C.C.C.CCCCC(CC)COc1ccc(C(C)C)cc1.CCCCCCCCCCOc1ccc(C(C)C)cc1.CCCCCCOc1ccc(C(C)C)cc1.COc1ccc(C(C)C)cc1. The van der Waals surface area contributed by atoms with Crippen LogP contribution in [0, 0.1) is 5.92 Å². The van der Waals surface area contributed by atoms with Gasteiger partial charge in [-0.1, -0.05) is 245 Å². The van der Waals surface area contributed by atoms with E-state index in [0.717, 1.165) is 42.8 Å². The Bertz CT molecular complexity index is 1620. The molecule has 0 aliphatic heterocycles. The first-order valence-electron chi connectivity index (χ1n) is 26.2. The van der Waals surface area contributed by atoms with Gasteiger partial charge in [0.05, 0.1) is 26.9 Å². The van der Waals surface area contributed by atoms with Crippen LogP contribution in [0.4, 0.5) is 0 Å². The number of benzene rings is 4. The van der Waals surface area contributed by atoms with E-state index in [2.05, 4.69) is 168 Å². The molecule has 69 heavy (non-hydrogen) atoms. The molecule has 0 aromatic heterocycles. The minimum Gasteiger partial charge on any atom is -0.497 e. The minimum atomic E-state index is 0. The smallest absolute Gasteiger partial charge is 0.119 e. The molecule has 0 saturated heterocycles. The van der Waals surface area contributed by atoms with Crippen molar-refractivity contribution in [3.63, 3.8) is 0 Å². The normalized spacial score (nSPS) is 10.6. The molecule has 4 nitrogen and oxygen atoms in total. The maximum absolute atomic E-state index is 5.89. The Labute approximate surface area is 431 Å². The maximum atomic E-state index is 5.89. The molecule has 0 bridgehead atoms. The zero-order valence-corrected chi connectivity index (χ0v) is 44.2. The number of hydrogen-bond donors (Lipinski definition) is 0. The third kappa shape index (κ3) is 35.8. The Kier molecular flexibility index (Phi) is 48.2. The monoisotopic (exact) mass is 959 g/mol. The highest BCUT2D eigenvalue weighted by Gasteiger charge is 2.08. The highest BCUT2D eigenvalue weighted by molar-refractivity contribution is 5.31. The van der Waals surface area contributed by atoms with Crippen molar-refractivity contribution in [1.82, 2.24) is 0 Å². The summed E-state index contributed by atoms with van der Waals surface area (Å²) < 4.78 is 22.4. The topological polar surface area (TPSA) is 36.9 Å².